The Balaban J connectivity index is 1.94. The Hall–Kier alpha value is -3.90. The van der Waals surface area contributed by atoms with Crippen molar-refractivity contribution in [3.8, 4) is 5.75 Å². The summed E-state index contributed by atoms with van der Waals surface area (Å²) >= 11 is 0. The van der Waals surface area contributed by atoms with Gasteiger partial charge in [-0.25, -0.2) is 0 Å². The molecular formula is C32H36N2O4. The van der Waals surface area contributed by atoms with Crippen LogP contribution in [0.4, 0.5) is 0 Å². The Morgan fingerprint density at radius 1 is 1.03 bits per heavy atom. The minimum atomic E-state index is -0.475. The molecule has 2 N–H and O–H groups in total. The van der Waals surface area contributed by atoms with Crippen LogP contribution in [0.25, 0.3) is 11.0 Å². The number of methoxy groups -OCH3 is 1. The number of carbonyl (C=O) groups is 1. The number of carbonyl (C=O) groups excluding carboxylic acids is 1. The Kier molecular flexibility index (Phi) is 8.64. The van der Waals surface area contributed by atoms with Crippen LogP contribution in [0.3, 0.4) is 0 Å². The Bertz CT molecular complexity index is 1440. The largest absolute Gasteiger partial charge is 0.497 e. The van der Waals surface area contributed by atoms with E-state index in [2.05, 4.69) is 0 Å². The summed E-state index contributed by atoms with van der Waals surface area (Å²) in [4.78, 5) is 29.7. The second-order valence-corrected chi connectivity index (χ2v) is 9.99. The topological polar surface area (TPSA) is 85.8 Å². The summed E-state index contributed by atoms with van der Waals surface area (Å²) in [5, 5.41) is 0.487. The number of hydrogen-bond donors (Lipinski definition) is 1. The molecule has 0 aliphatic rings. The first kappa shape index (κ1) is 27.1. The normalized spacial score (nSPS) is 12.1. The van der Waals surface area contributed by atoms with E-state index in [4.69, 9.17) is 14.9 Å². The second kappa shape index (κ2) is 12.1. The minimum absolute atomic E-state index is 0.0390. The number of benzene rings is 3. The highest BCUT2D eigenvalue weighted by Gasteiger charge is 2.33. The molecule has 198 valence electrons. The van der Waals surface area contributed by atoms with Crippen LogP contribution in [0.15, 0.2) is 82.0 Å². The third-order valence-corrected chi connectivity index (χ3v) is 6.85. The third kappa shape index (κ3) is 5.81. The molecule has 0 radical (unpaired) electrons. The van der Waals surface area contributed by atoms with Crippen molar-refractivity contribution in [2.24, 2.45) is 11.7 Å². The van der Waals surface area contributed by atoms with Crippen LogP contribution >= 0.6 is 0 Å². The molecule has 0 fully saturated rings. The quantitative estimate of drug-likeness (QED) is 0.286. The van der Waals surface area contributed by atoms with Crippen molar-refractivity contribution in [1.82, 2.24) is 4.90 Å². The van der Waals surface area contributed by atoms with Gasteiger partial charge in [0.15, 0.2) is 5.43 Å². The zero-order valence-electron chi connectivity index (χ0n) is 22.6. The van der Waals surface area contributed by atoms with E-state index >= 15 is 0 Å². The fraction of sp³-hybridized carbons (Fsp3) is 0.312. The molecule has 0 spiro atoms. The smallest absolute Gasteiger partial charge is 0.254 e. The van der Waals surface area contributed by atoms with Gasteiger partial charge in [-0.3, -0.25) is 9.59 Å². The van der Waals surface area contributed by atoms with Crippen molar-refractivity contribution < 1.29 is 13.9 Å². The van der Waals surface area contributed by atoms with Gasteiger partial charge in [0.25, 0.3) is 5.91 Å². The van der Waals surface area contributed by atoms with Gasteiger partial charge in [-0.1, -0.05) is 61.9 Å². The average Bonchev–Trinajstić information content (AvgIpc) is 2.92. The van der Waals surface area contributed by atoms with Crippen molar-refractivity contribution in [1.29, 1.82) is 0 Å². The number of nitrogens with zero attached hydrogens (tertiary/aromatic N) is 1. The van der Waals surface area contributed by atoms with E-state index in [-0.39, 0.29) is 17.3 Å². The number of fused-ring (bicyclic) bond motifs is 1. The molecule has 4 rings (SSSR count). The van der Waals surface area contributed by atoms with Gasteiger partial charge in [0.1, 0.15) is 17.1 Å². The number of rotatable bonds is 10. The van der Waals surface area contributed by atoms with Crippen molar-refractivity contribution in [2.45, 2.75) is 39.7 Å². The van der Waals surface area contributed by atoms with E-state index in [9.17, 15) is 9.59 Å². The van der Waals surface area contributed by atoms with Gasteiger partial charge in [0.2, 0.25) is 0 Å². The molecule has 6 heteroatoms. The highest BCUT2D eigenvalue weighted by atomic mass is 16.5. The van der Waals surface area contributed by atoms with Crippen LogP contribution in [0.5, 0.6) is 5.75 Å². The number of amides is 1. The van der Waals surface area contributed by atoms with Crippen LogP contribution in [0.2, 0.25) is 0 Å². The van der Waals surface area contributed by atoms with Crippen molar-refractivity contribution >= 4 is 16.9 Å². The zero-order valence-corrected chi connectivity index (χ0v) is 22.6. The van der Waals surface area contributed by atoms with Crippen LogP contribution in [0, 0.1) is 12.8 Å². The van der Waals surface area contributed by atoms with E-state index in [0.29, 0.717) is 59.5 Å². The third-order valence-electron chi connectivity index (χ3n) is 6.85. The van der Waals surface area contributed by atoms with Crippen LogP contribution in [0.1, 0.15) is 59.1 Å². The van der Waals surface area contributed by atoms with Gasteiger partial charge in [0, 0.05) is 30.2 Å². The lowest BCUT2D eigenvalue weighted by Crippen LogP contribution is -2.40. The lowest BCUT2D eigenvalue weighted by Gasteiger charge is -2.35. The van der Waals surface area contributed by atoms with E-state index < -0.39 is 6.04 Å². The molecule has 6 nitrogen and oxygen atoms in total. The first-order chi connectivity index (χ1) is 18.3. The first-order valence-electron chi connectivity index (χ1n) is 13.1. The second-order valence-electron chi connectivity index (χ2n) is 9.99. The summed E-state index contributed by atoms with van der Waals surface area (Å²) in [5.41, 5.74) is 9.45. The van der Waals surface area contributed by atoms with Crippen molar-refractivity contribution in [3.63, 3.8) is 0 Å². The van der Waals surface area contributed by atoms with Gasteiger partial charge in [-0.2, -0.15) is 0 Å². The number of nitrogens with two attached hydrogens (primary N) is 1. The SMILES string of the molecule is COc1ccc2c(=O)c(Cc3ccccc3)c(C(C(C)C)N(CCCN)C(=O)c3ccc(C)cc3)oc2c1. The molecule has 0 aliphatic carbocycles. The molecule has 1 aromatic heterocycles. The molecule has 38 heavy (non-hydrogen) atoms. The van der Waals surface area contributed by atoms with Crippen molar-refractivity contribution in [2.75, 3.05) is 20.2 Å². The first-order valence-corrected chi connectivity index (χ1v) is 13.1. The summed E-state index contributed by atoms with van der Waals surface area (Å²) in [6.07, 6.45) is 1.02. The van der Waals surface area contributed by atoms with Gasteiger partial charge in [0.05, 0.1) is 18.5 Å². The molecule has 4 aromatic rings. The maximum Gasteiger partial charge on any atom is 0.254 e. The van der Waals surface area contributed by atoms with Crippen LogP contribution in [-0.4, -0.2) is 31.0 Å². The summed E-state index contributed by atoms with van der Waals surface area (Å²) in [5.74, 6) is 0.949. The van der Waals surface area contributed by atoms with Gasteiger partial charge < -0.3 is 19.8 Å². The van der Waals surface area contributed by atoms with Crippen LogP contribution in [-0.2, 0) is 6.42 Å². The van der Waals surface area contributed by atoms with E-state index in [0.717, 1.165) is 11.1 Å². The Labute approximate surface area is 224 Å². The molecule has 1 unspecified atom stereocenters. The molecule has 1 heterocycles. The molecule has 1 amide bonds. The highest BCUT2D eigenvalue weighted by Crippen LogP contribution is 2.35. The van der Waals surface area contributed by atoms with Gasteiger partial charge >= 0.3 is 0 Å². The summed E-state index contributed by atoms with van der Waals surface area (Å²) in [6, 6.07) is 22.2. The van der Waals surface area contributed by atoms with E-state index in [1.54, 1.807) is 25.3 Å². The average molecular weight is 513 g/mol. The summed E-state index contributed by atoms with van der Waals surface area (Å²) in [7, 11) is 1.58. The molecule has 0 saturated heterocycles. The predicted octanol–water partition coefficient (Wildman–Crippen LogP) is 5.89. The lowest BCUT2D eigenvalue weighted by atomic mass is 9.91. The fourth-order valence-corrected chi connectivity index (χ4v) is 4.86. The highest BCUT2D eigenvalue weighted by molar-refractivity contribution is 5.94. The molecular weight excluding hydrogens is 476 g/mol. The number of ether oxygens (including phenoxy) is 1. The minimum Gasteiger partial charge on any atom is -0.497 e. The van der Waals surface area contributed by atoms with Crippen molar-refractivity contribution in [3.05, 3.63) is 111 Å². The monoisotopic (exact) mass is 512 g/mol. The van der Waals surface area contributed by atoms with E-state index in [1.165, 1.54) is 0 Å². The fourth-order valence-electron chi connectivity index (χ4n) is 4.86. The maximum atomic E-state index is 14.0. The predicted molar refractivity (Wildman–Crippen MR) is 152 cm³/mol. The number of hydrogen-bond acceptors (Lipinski definition) is 5. The standard InChI is InChI=1S/C32H36N2O4/c1-21(2)29(34(18-8-17-33)32(36)24-13-11-22(3)12-14-24)31-27(19-23-9-6-5-7-10-23)30(35)26-16-15-25(37-4)20-28(26)38-31/h5-7,9-16,20-21,29H,8,17-19,33H2,1-4H3. The van der Waals surface area contributed by atoms with Gasteiger partial charge in [-0.05, 0) is 55.6 Å². The Morgan fingerprint density at radius 2 is 1.74 bits per heavy atom. The summed E-state index contributed by atoms with van der Waals surface area (Å²) in [6.45, 7) is 6.97. The molecule has 0 aliphatic heterocycles. The number of aryl methyl sites for hydroxylation is 1. The molecule has 3 aromatic carbocycles. The van der Waals surface area contributed by atoms with E-state index in [1.807, 2.05) is 80.3 Å². The molecule has 0 saturated carbocycles. The van der Waals surface area contributed by atoms with Crippen LogP contribution < -0.4 is 15.9 Å². The lowest BCUT2D eigenvalue weighted by molar-refractivity contribution is 0.0587. The van der Waals surface area contributed by atoms with Gasteiger partial charge in [-0.15, -0.1) is 0 Å². The summed E-state index contributed by atoms with van der Waals surface area (Å²) < 4.78 is 12.0. The molecule has 0 bridgehead atoms. The molecule has 1 atom stereocenters. The maximum absolute atomic E-state index is 14.0. The Morgan fingerprint density at radius 3 is 2.37 bits per heavy atom. The zero-order chi connectivity index (χ0) is 27.2.